The van der Waals surface area contributed by atoms with E-state index >= 15 is 0 Å². The maximum absolute atomic E-state index is 13.2. The summed E-state index contributed by atoms with van der Waals surface area (Å²) in [4.78, 5) is 0. The largest absolute Gasteiger partial charge is 0.459 e. The predicted molar refractivity (Wildman–Crippen MR) is 74.7 cm³/mol. The fraction of sp³-hybridized carbons (Fsp3) is 0.125. The van der Waals surface area contributed by atoms with Gasteiger partial charge in [0.15, 0.2) is 0 Å². The van der Waals surface area contributed by atoms with Gasteiger partial charge in [-0.2, -0.15) is 0 Å². The van der Waals surface area contributed by atoms with Crippen molar-refractivity contribution in [1.82, 2.24) is 0 Å². The highest BCUT2D eigenvalue weighted by Crippen LogP contribution is 2.20. The lowest BCUT2D eigenvalue weighted by molar-refractivity contribution is 0.559. The zero-order chi connectivity index (χ0) is 13.2. The molecule has 0 saturated carbocycles. The minimum absolute atomic E-state index is 0.186. The second-order valence-electron chi connectivity index (χ2n) is 4.57. The molecule has 96 valence electrons. The van der Waals surface area contributed by atoms with Crippen LogP contribution in [0.25, 0.3) is 11.0 Å². The number of rotatable bonds is 3. The van der Waals surface area contributed by atoms with Crippen molar-refractivity contribution in [2.75, 3.05) is 5.32 Å². The molecule has 0 unspecified atom stereocenters. The molecule has 0 aliphatic rings. The Morgan fingerprint density at radius 1 is 1.11 bits per heavy atom. The zero-order valence-electron chi connectivity index (χ0n) is 10.6. The van der Waals surface area contributed by atoms with Crippen LogP contribution in [0.4, 0.5) is 10.1 Å². The van der Waals surface area contributed by atoms with Crippen molar-refractivity contribution in [2.45, 2.75) is 13.5 Å². The molecule has 0 saturated heterocycles. The van der Waals surface area contributed by atoms with Gasteiger partial charge in [0.05, 0.1) is 6.54 Å². The maximum Gasteiger partial charge on any atom is 0.134 e. The quantitative estimate of drug-likeness (QED) is 0.745. The van der Waals surface area contributed by atoms with Crippen LogP contribution in [0.15, 0.2) is 52.9 Å². The third-order valence-electron chi connectivity index (χ3n) is 3.10. The molecule has 0 amide bonds. The number of hydrogen-bond acceptors (Lipinski definition) is 2. The summed E-state index contributed by atoms with van der Waals surface area (Å²) in [5.41, 5.74) is 2.41. The first kappa shape index (κ1) is 11.8. The molecule has 1 N–H and O–H groups in total. The van der Waals surface area contributed by atoms with Crippen LogP contribution in [-0.2, 0) is 6.54 Å². The molecule has 19 heavy (non-hydrogen) atoms. The Morgan fingerprint density at radius 3 is 2.74 bits per heavy atom. The van der Waals surface area contributed by atoms with Crippen LogP contribution in [0.2, 0.25) is 0 Å². The van der Waals surface area contributed by atoms with E-state index in [0.717, 1.165) is 22.4 Å². The van der Waals surface area contributed by atoms with Gasteiger partial charge < -0.3 is 9.73 Å². The van der Waals surface area contributed by atoms with Gasteiger partial charge in [-0.3, -0.25) is 0 Å². The van der Waals surface area contributed by atoms with Crippen LogP contribution in [-0.4, -0.2) is 0 Å². The molecule has 3 heteroatoms. The molecular formula is C16H14FNO. The molecule has 1 aromatic heterocycles. The number of aryl methyl sites for hydroxylation is 1. The van der Waals surface area contributed by atoms with Crippen LogP contribution >= 0.6 is 0 Å². The summed E-state index contributed by atoms with van der Waals surface area (Å²) < 4.78 is 18.9. The van der Waals surface area contributed by atoms with Crippen LogP contribution in [0.5, 0.6) is 0 Å². The van der Waals surface area contributed by atoms with Crippen LogP contribution in [0, 0.1) is 12.7 Å². The number of fused-ring (bicyclic) bond motifs is 1. The highest BCUT2D eigenvalue weighted by molar-refractivity contribution is 5.77. The first-order valence-corrected chi connectivity index (χ1v) is 6.20. The zero-order valence-corrected chi connectivity index (χ0v) is 10.6. The Labute approximate surface area is 110 Å². The van der Waals surface area contributed by atoms with Gasteiger partial charge >= 0.3 is 0 Å². The first-order valence-electron chi connectivity index (χ1n) is 6.20. The van der Waals surface area contributed by atoms with E-state index in [-0.39, 0.29) is 5.82 Å². The van der Waals surface area contributed by atoms with Crippen LogP contribution in [0.3, 0.4) is 0 Å². The van der Waals surface area contributed by atoms with Crippen molar-refractivity contribution in [3.63, 3.8) is 0 Å². The van der Waals surface area contributed by atoms with E-state index in [4.69, 9.17) is 4.42 Å². The van der Waals surface area contributed by atoms with Gasteiger partial charge in [-0.25, -0.2) is 4.39 Å². The number of furan rings is 1. The molecule has 2 nitrogen and oxygen atoms in total. The maximum atomic E-state index is 13.2. The highest BCUT2D eigenvalue weighted by atomic mass is 19.1. The molecule has 3 aromatic rings. The molecule has 0 fully saturated rings. The van der Waals surface area contributed by atoms with Crippen LogP contribution < -0.4 is 5.32 Å². The van der Waals surface area contributed by atoms with E-state index in [2.05, 4.69) is 5.32 Å². The highest BCUT2D eigenvalue weighted by Gasteiger charge is 2.03. The lowest BCUT2D eigenvalue weighted by Crippen LogP contribution is -1.98. The molecule has 0 aliphatic carbocycles. The third kappa shape index (κ3) is 2.45. The Hall–Kier alpha value is -2.29. The van der Waals surface area contributed by atoms with Gasteiger partial charge in [0, 0.05) is 11.1 Å². The van der Waals surface area contributed by atoms with E-state index in [9.17, 15) is 4.39 Å². The SMILES string of the molecule is Cc1cc(NCc2cc3ccccc3o2)ccc1F. The molecule has 0 atom stereocenters. The second-order valence-corrected chi connectivity index (χ2v) is 4.57. The molecular weight excluding hydrogens is 241 g/mol. The minimum Gasteiger partial charge on any atom is -0.459 e. The standard InChI is InChI=1S/C16H14FNO/c1-11-8-13(6-7-15(11)17)18-10-14-9-12-4-2-3-5-16(12)19-14/h2-9,18H,10H2,1H3. The lowest BCUT2D eigenvalue weighted by atomic mass is 10.2. The Morgan fingerprint density at radius 2 is 1.95 bits per heavy atom. The molecule has 0 spiro atoms. The van der Waals surface area contributed by atoms with Crippen molar-refractivity contribution in [2.24, 2.45) is 0 Å². The number of hydrogen-bond donors (Lipinski definition) is 1. The van der Waals surface area contributed by atoms with Gasteiger partial charge in [0.1, 0.15) is 17.2 Å². The molecule has 0 radical (unpaired) electrons. The Kier molecular flexibility index (Phi) is 2.95. The smallest absolute Gasteiger partial charge is 0.134 e. The predicted octanol–water partition coefficient (Wildman–Crippen LogP) is 4.49. The van der Waals surface area contributed by atoms with E-state index in [1.54, 1.807) is 19.1 Å². The Bertz CT molecular complexity index is 685. The topological polar surface area (TPSA) is 25.2 Å². The summed E-state index contributed by atoms with van der Waals surface area (Å²) >= 11 is 0. The normalized spacial score (nSPS) is 10.8. The third-order valence-corrected chi connectivity index (χ3v) is 3.10. The summed E-state index contributed by atoms with van der Waals surface area (Å²) in [5, 5.41) is 4.32. The number of para-hydroxylation sites is 1. The van der Waals surface area contributed by atoms with Crippen molar-refractivity contribution >= 4 is 16.7 Å². The summed E-state index contributed by atoms with van der Waals surface area (Å²) in [6, 6.07) is 14.9. The number of halogens is 1. The van der Waals surface area contributed by atoms with Crippen molar-refractivity contribution < 1.29 is 8.81 Å². The minimum atomic E-state index is -0.186. The molecule has 0 bridgehead atoms. The Balaban J connectivity index is 1.76. The summed E-state index contributed by atoms with van der Waals surface area (Å²) in [6.45, 7) is 2.33. The van der Waals surface area contributed by atoms with Gasteiger partial charge in [0.2, 0.25) is 0 Å². The van der Waals surface area contributed by atoms with Gasteiger partial charge in [-0.15, -0.1) is 0 Å². The van der Waals surface area contributed by atoms with Gasteiger partial charge in [-0.05, 0) is 42.8 Å². The summed E-state index contributed by atoms with van der Waals surface area (Å²) in [7, 11) is 0. The molecule has 0 aliphatic heterocycles. The fourth-order valence-corrected chi connectivity index (χ4v) is 2.07. The van der Waals surface area contributed by atoms with E-state index in [1.165, 1.54) is 6.07 Å². The number of nitrogens with one attached hydrogen (secondary N) is 1. The first-order chi connectivity index (χ1) is 9.22. The monoisotopic (exact) mass is 255 g/mol. The lowest BCUT2D eigenvalue weighted by Gasteiger charge is -2.05. The summed E-state index contributed by atoms with van der Waals surface area (Å²) in [5.74, 6) is 0.678. The number of anilines is 1. The van der Waals surface area contributed by atoms with E-state index in [0.29, 0.717) is 12.1 Å². The van der Waals surface area contributed by atoms with Crippen LogP contribution in [0.1, 0.15) is 11.3 Å². The number of benzene rings is 2. The second kappa shape index (κ2) is 4.76. The fourth-order valence-electron chi connectivity index (χ4n) is 2.07. The average Bonchev–Trinajstić information content (AvgIpc) is 2.83. The van der Waals surface area contributed by atoms with Crippen molar-refractivity contribution in [3.8, 4) is 0 Å². The molecule has 1 heterocycles. The van der Waals surface area contributed by atoms with E-state index in [1.807, 2.05) is 30.3 Å². The van der Waals surface area contributed by atoms with Crippen molar-refractivity contribution in [3.05, 3.63) is 65.7 Å². The summed E-state index contributed by atoms with van der Waals surface area (Å²) in [6.07, 6.45) is 0. The molecule has 2 aromatic carbocycles. The van der Waals surface area contributed by atoms with Crippen molar-refractivity contribution in [1.29, 1.82) is 0 Å². The van der Waals surface area contributed by atoms with Gasteiger partial charge in [-0.1, -0.05) is 18.2 Å². The molecule has 3 rings (SSSR count). The van der Waals surface area contributed by atoms with Gasteiger partial charge in [0.25, 0.3) is 0 Å². The van der Waals surface area contributed by atoms with E-state index < -0.39 is 0 Å². The average molecular weight is 255 g/mol.